The summed E-state index contributed by atoms with van der Waals surface area (Å²) in [4.78, 5) is 17.8. The van der Waals surface area contributed by atoms with E-state index in [4.69, 9.17) is 11.5 Å². The molecule has 0 atom stereocenters. The van der Waals surface area contributed by atoms with Crippen molar-refractivity contribution >= 4 is 17.1 Å². The molecule has 2 rings (SSSR count). The second-order valence-corrected chi connectivity index (χ2v) is 3.36. The van der Waals surface area contributed by atoms with Crippen LogP contribution in [0.15, 0.2) is 30.7 Å². The first-order chi connectivity index (χ1) is 8.09. The Balaban J connectivity index is 2.68. The lowest BCUT2D eigenvalue weighted by molar-refractivity contribution is -0.384. The van der Waals surface area contributed by atoms with Crippen LogP contribution in [0.2, 0.25) is 0 Å². The molecule has 4 N–H and O–H groups in total. The van der Waals surface area contributed by atoms with Gasteiger partial charge in [-0.1, -0.05) is 0 Å². The molecule has 2 aromatic rings. The lowest BCUT2D eigenvalue weighted by atomic mass is 10.1. The molecule has 0 spiro atoms. The lowest BCUT2D eigenvalue weighted by Gasteiger charge is -2.06. The number of hydrogen-bond acceptors (Lipinski definition) is 6. The molecule has 17 heavy (non-hydrogen) atoms. The van der Waals surface area contributed by atoms with Gasteiger partial charge in [0.2, 0.25) is 0 Å². The first kappa shape index (κ1) is 10.8. The average Bonchev–Trinajstić information content (AvgIpc) is 2.32. The SMILES string of the molecule is Nc1ccc(N)c(-c2ncncc2[N+](=O)[O-])c1. The third-order valence-electron chi connectivity index (χ3n) is 2.22. The maximum absolute atomic E-state index is 10.8. The predicted molar refractivity (Wildman–Crippen MR) is 62.9 cm³/mol. The molecule has 0 amide bonds. The summed E-state index contributed by atoms with van der Waals surface area (Å²) in [6.07, 6.45) is 2.36. The fraction of sp³-hybridized carbons (Fsp3) is 0. The zero-order valence-corrected chi connectivity index (χ0v) is 8.70. The van der Waals surface area contributed by atoms with E-state index in [1.54, 1.807) is 18.2 Å². The first-order valence-electron chi connectivity index (χ1n) is 4.69. The molecular weight excluding hydrogens is 222 g/mol. The molecule has 0 aliphatic rings. The van der Waals surface area contributed by atoms with Gasteiger partial charge in [-0.05, 0) is 18.2 Å². The van der Waals surface area contributed by atoms with Crippen LogP contribution in [0, 0.1) is 10.1 Å². The van der Waals surface area contributed by atoms with Gasteiger partial charge in [-0.25, -0.2) is 9.97 Å². The molecule has 0 aliphatic heterocycles. The Morgan fingerprint density at radius 1 is 1.29 bits per heavy atom. The van der Waals surface area contributed by atoms with Crippen LogP contribution < -0.4 is 11.5 Å². The highest BCUT2D eigenvalue weighted by Crippen LogP contribution is 2.32. The summed E-state index contributed by atoms with van der Waals surface area (Å²) < 4.78 is 0. The number of benzene rings is 1. The van der Waals surface area contributed by atoms with Crippen LogP contribution in [0.5, 0.6) is 0 Å². The Labute approximate surface area is 96.3 Å². The standard InChI is InChI=1S/C10H9N5O2/c11-6-1-2-8(12)7(3-6)10-9(15(16)17)4-13-5-14-10/h1-5H,11-12H2. The Kier molecular flexibility index (Phi) is 2.57. The predicted octanol–water partition coefficient (Wildman–Crippen LogP) is 1.22. The first-order valence-corrected chi connectivity index (χ1v) is 4.69. The van der Waals surface area contributed by atoms with Crippen LogP contribution >= 0.6 is 0 Å². The summed E-state index contributed by atoms with van der Waals surface area (Å²) in [5.74, 6) is 0. The molecule has 86 valence electrons. The van der Waals surface area contributed by atoms with Crippen molar-refractivity contribution in [1.29, 1.82) is 0 Å². The Bertz CT molecular complexity index is 585. The van der Waals surface area contributed by atoms with Gasteiger partial charge < -0.3 is 11.5 Å². The number of rotatable bonds is 2. The summed E-state index contributed by atoms with van der Waals surface area (Å²) >= 11 is 0. The van der Waals surface area contributed by atoms with E-state index < -0.39 is 4.92 Å². The highest BCUT2D eigenvalue weighted by molar-refractivity contribution is 5.81. The Hall–Kier alpha value is -2.70. The molecule has 0 aliphatic carbocycles. The van der Waals surface area contributed by atoms with Crippen LogP contribution in [0.25, 0.3) is 11.3 Å². The van der Waals surface area contributed by atoms with Crippen molar-refractivity contribution in [2.24, 2.45) is 0 Å². The fourth-order valence-electron chi connectivity index (χ4n) is 1.44. The van der Waals surface area contributed by atoms with E-state index in [1.165, 1.54) is 6.33 Å². The normalized spacial score (nSPS) is 10.1. The largest absolute Gasteiger partial charge is 0.399 e. The van der Waals surface area contributed by atoms with Gasteiger partial charge in [-0.2, -0.15) is 0 Å². The van der Waals surface area contributed by atoms with Crippen molar-refractivity contribution in [3.8, 4) is 11.3 Å². The van der Waals surface area contributed by atoms with Crippen LogP contribution in [0.3, 0.4) is 0 Å². The van der Waals surface area contributed by atoms with E-state index in [9.17, 15) is 10.1 Å². The van der Waals surface area contributed by atoms with Gasteiger partial charge in [0.15, 0.2) is 5.69 Å². The second kappa shape index (κ2) is 4.05. The average molecular weight is 231 g/mol. The second-order valence-electron chi connectivity index (χ2n) is 3.36. The maximum Gasteiger partial charge on any atom is 0.313 e. The molecule has 0 saturated heterocycles. The van der Waals surface area contributed by atoms with Crippen LogP contribution in [0.4, 0.5) is 17.1 Å². The van der Waals surface area contributed by atoms with Crippen LogP contribution in [0.1, 0.15) is 0 Å². The van der Waals surface area contributed by atoms with E-state index in [-0.39, 0.29) is 11.4 Å². The summed E-state index contributed by atoms with van der Waals surface area (Å²) in [6.45, 7) is 0. The smallest absolute Gasteiger partial charge is 0.313 e. The zero-order chi connectivity index (χ0) is 12.4. The van der Waals surface area contributed by atoms with E-state index in [0.717, 1.165) is 6.20 Å². The van der Waals surface area contributed by atoms with Gasteiger partial charge in [-0.15, -0.1) is 0 Å². The van der Waals surface area contributed by atoms with Crippen LogP contribution in [-0.4, -0.2) is 14.9 Å². The van der Waals surface area contributed by atoms with Crippen molar-refractivity contribution in [1.82, 2.24) is 9.97 Å². The van der Waals surface area contributed by atoms with Crippen molar-refractivity contribution in [2.45, 2.75) is 0 Å². The van der Waals surface area contributed by atoms with Gasteiger partial charge in [0.05, 0.1) is 4.92 Å². The van der Waals surface area contributed by atoms with Gasteiger partial charge in [0.1, 0.15) is 12.5 Å². The molecule has 1 heterocycles. The molecule has 0 saturated carbocycles. The van der Waals surface area contributed by atoms with E-state index >= 15 is 0 Å². The van der Waals surface area contributed by atoms with Crippen molar-refractivity contribution in [2.75, 3.05) is 11.5 Å². The number of anilines is 2. The molecule has 0 unspecified atom stereocenters. The van der Waals surface area contributed by atoms with Gasteiger partial charge >= 0.3 is 5.69 Å². The minimum absolute atomic E-state index is 0.162. The van der Waals surface area contributed by atoms with Crippen molar-refractivity contribution in [3.05, 3.63) is 40.8 Å². The number of nitrogens with two attached hydrogens (primary N) is 2. The van der Waals surface area contributed by atoms with Crippen molar-refractivity contribution < 1.29 is 4.92 Å². The molecule has 0 fully saturated rings. The molecule has 1 aromatic carbocycles. The monoisotopic (exact) mass is 231 g/mol. The highest BCUT2D eigenvalue weighted by atomic mass is 16.6. The molecular formula is C10H9N5O2. The van der Waals surface area contributed by atoms with Crippen LogP contribution in [-0.2, 0) is 0 Å². The lowest BCUT2D eigenvalue weighted by Crippen LogP contribution is -1.99. The number of aromatic nitrogens is 2. The minimum Gasteiger partial charge on any atom is -0.399 e. The molecule has 7 heteroatoms. The number of hydrogen-bond donors (Lipinski definition) is 2. The summed E-state index contributed by atoms with van der Waals surface area (Å²) in [7, 11) is 0. The Morgan fingerprint density at radius 2 is 2.06 bits per heavy atom. The zero-order valence-electron chi connectivity index (χ0n) is 8.70. The van der Waals surface area contributed by atoms with Crippen molar-refractivity contribution in [3.63, 3.8) is 0 Å². The van der Waals surface area contributed by atoms with Gasteiger partial charge in [0.25, 0.3) is 0 Å². The van der Waals surface area contributed by atoms with E-state index in [2.05, 4.69) is 9.97 Å². The third kappa shape index (κ3) is 1.98. The summed E-state index contributed by atoms with van der Waals surface area (Å²) in [6, 6.07) is 4.74. The molecule has 0 radical (unpaired) electrons. The number of nitrogens with zero attached hydrogens (tertiary/aromatic N) is 3. The quantitative estimate of drug-likeness (QED) is 0.455. The number of nitro groups is 1. The van der Waals surface area contributed by atoms with E-state index in [0.29, 0.717) is 16.9 Å². The molecule has 7 nitrogen and oxygen atoms in total. The van der Waals surface area contributed by atoms with Gasteiger partial charge in [0, 0.05) is 16.9 Å². The molecule has 0 bridgehead atoms. The highest BCUT2D eigenvalue weighted by Gasteiger charge is 2.18. The summed E-state index contributed by atoms with van der Waals surface area (Å²) in [5.41, 5.74) is 12.6. The Morgan fingerprint density at radius 3 is 2.76 bits per heavy atom. The maximum atomic E-state index is 10.8. The third-order valence-corrected chi connectivity index (χ3v) is 2.22. The topological polar surface area (TPSA) is 121 Å². The fourth-order valence-corrected chi connectivity index (χ4v) is 1.44. The molecule has 1 aromatic heterocycles. The summed E-state index contributed by atoms with van der Waals surface area (Å²) in [5, 5.41) is 10.8. The number of nitrogen functional groups attached to an aromatic ring is 2. The van der Waals surface area contributed by atoms with Gasteiger partial charge in [-0.3, -0.25) is 10.1 Å². The minimum atomic E-state index is -0.558. The van der Waals surface area contributed by atoms with E-state index in [1.807, 2.05) is 0 Å².